The minimum Gasteiger partial charge on any atom is -0.392 e. The molecule has 0 bridgehead atoms. The lowest BCUT2D eigenvalue weighted by Gasteiger charge is -2.35. The second kappa shape index (κ2) is 5.55. The van der Waals surface area contributed by atoms with Crippen LogP contribution in [0.5, 0.6) is 0 Å². The molecule has 1 N–H and O–H groups in total. The van der Waals surface area contributed by atoms with Gasteiger partial charge in [0.2, 0.25) is 0 Å². The van der Waals surface area contributed by atoms with Gasteiger partial charge in [-0.05, 0) is 11.1 Å². The average Bonchev–Trinajstić information content (AvgIpc) is 2.49. The Kier molecular flexibility index (Phi) is 3.62. The van der Waals surface area contributed by atoms with E-state index in [-0.39, 0.29) is 11.8 Å². The van der Waals surface area contributed by atoms with Crippen LogP contribution in [0.2, 0.25) is 0 Å². The molecule has 0 radical (unpaired) electrons. The topological polar surface area (TPSA) is 29.5 Å². The third kappa shape index (κ3) is 2.55. The molecule has 1 saturated heterocycles. The summed E-state index contributed by atoms with van der Waals surface area (Å²) < 4.78 is 5.71. The van der Waals surface area contributed by atoms with Crippen molar-refractivity contribution < 1.29 is 9.84 Å². The van der Waals surface area contributed by atoms with Gasteiger partial charge in [0, 0.05) is 11.8 Å². The molecule has 1 fully saturated rings. The number of ether oxygens (including phenoxy) is 1. The van der Waals surface area contributed by atoms with Crippen LogP contribution in [0, 0.1) is 0 Å². The summed E-state index contributed by atoms with van der Waals surface area (Å²) in [7, 11) is 0. The van der Waals surface area contributed by atoms with Crippen LogP contribution < -0.4 is 0 Å². The van der Waals surface area contributed by atoms with Crippen LogP contribution in [-0.2, 0) is 4.74 Å². The Balaban J connectivity index is 1.86. The van der Waals surface area contributed by atoms with Gasteiger partial charge in [-0.2, -0.15) is 0 Å². The highest BCUT2D eigenvalue weighted by molar-refractivity contribution is 5.27. The zero-order valence-electron chi connectivity index (χ0n) is 10.8. The zero-order valence-corrected chi connectivity index (χ0v) is 10.8. The normalized spacial score (nSPS) is 27.1. The first kappa shape index (κ1) is 12.4. The molecule has 0 saturated carbocycles. The predicted octanol–water partition coefficient (Wildman–Crippen LogP) is 2.95. The van der Waals surface area contributed by atoms with E-state index in [1.165, 1.54) is 0 Å². The molecule has 3 rings (SSSR count). The van der Waals surface area contributed by atoms with E-state index < -0.39 is 6.10 Å². The molecule has 1 aliphatic heterocycles. The van der Waals surface area contributed by atoms with Crippen LogP contribution >= 0.6 is 0 Å². The van der Waals surface area contributed by atoms with E-state index >= 15 is 0 Å². The molecule has 0 amide bonds. The maximum Gasteiger partial charge on any atom is 0.0721 e. The second-order valence-corrected chi connectivity index (χ2v) is 5.06. The van der Waals surface area contributed by atoms with Gasteiger partial charge in [-0.25, -0.2) is 0 Å². The fourth-order valence-electron chi connectivity index (χ4n) is 2.79. The Morgan fingerprint density at radius 1 is 0.737 bits per heavy atom. The molecule has 2 aromatic carbocycles. The standard InChI is InChI=1S/C17H18O2/c18-17-15(13-7-3-1-4-8-13)11-19-12-16(17)14-9-5-2-6-10-14/h1-10,15-18H,11-12H2. The van der Waals surface area contributed by atoms with Crippen molar-refractivity contribution in [2.75, 3.05) is 13.2 Å². The van der Waals surface area contributed by atoms with Crippen LogP contribution in [0.1, 0.15) is 23.0 Å². The molecule has 1 heterocycles. The molecule has 2 heteroatoms. The van der Waals surface area contributed by atoms with Gasteiger partial charge in [-0.15, -0.1) is 0 Å². The lowest BCUT2D eigenvalue weighted by Crippen LogP contribution is -2.37. The van der Waals surface area contributed by atoms with Crippen molar-refractivity contribution in [2.24, 2.45) is 0 Å². The molecule has 0 aliphatic carbocycles. The summed E-state index contributed by atoms with van der Waals surface area (Å²) in [4.78, 5) is 0. The summed E-state index contributed by atoms with van der Waals surface area (Å²) >= 11 is 0. The average molecular weight is 254 g/mol. The minimum atomic E-state index is -0.390. The van der Waals surface area contributed by atoms with Crippen molar-refractivity contribution in [3.8, 4) is 0 Å². The summed E-state index contributed by atoms with van der Waals surface area (Å²) in [6.45, 7) is 1.18. The quantitative estimate of drug-likeness (QED) is 0.893. The van der Waals surface area contributed by atoms with Crippen molar-refractivity contribution in [2.45, 2.75) is 17.9 Å². The van der Waals surface area contributed by atoms with E-state index in [4.69, 9.17) is 4.74 Å². The van der Waals surface area contributed by atoms with Crippen molar-refractivity contribution in [3.63, 3.8) is 0 Å². The summed E-state index contributed by atoms with van der Waals surface area (Å²) in [5.41, 5.74) is 2.30. The molecule has 0 spiro atoms. The molecule has 2 aromatic rings. The number of aliphatic hydroxyl groups excluding tert-OH is 1. The Labute approximate surface area is 113 Å². The number of hydrogen-bond donors (Lipinski definition) is 1. The molecule has 1 aliphatic rings. The molecule has 2 atom stereocenters. The zero-order chi connectivity index (χ0) is 13.1. The first-order chi connectivity index (χ1) is 9.36. The molecule has 19 heavy (non-hydrogen) atoms. The summed E-state index contributed by atoms with van der Waals surface area (Å²) in [6, 6.07) is 20.3. The molecule has 0 aromatic heterocycles. The second-order valence-electron chi connectivity index (χ2n) is 5.06. The van der Waals surface area contributed by atoms with Gasteiger partial charge in [-0.1, -0.05) is 60.7 Å². The molecule has 2 nitrogen and oxygen atoms in total. The van der Waals surface area contributed by atoms with Gasteiger partial charge >= 0.3 is 0 Å². The van der Waals surface area contributed by atoms with E-state index in [2.05, 4.69) is 24.3 Å². The molecule has 98 valence electrons. The van der Waals surface area contributed by atoms with Crippen molar-refractivity contribution in [1.82, 2.24) is 0 Å². The Morgan fingerprint density at radius 3 is 1.58 bits per heavy atom. The van der Waals surface area contributed by atoms with Gasteiger partial charge < -0.3 is 9.84 Å². The van der Waals surface area contributed by atoms with Crippen molar-refractivity contribution in [3.05, 3.63) is 71.8 Å². The van der Waals surface area contributed by atoms with Gasteiger partial charge in [-0.3, -0.25) is 0 Å². The number of hydrogen-bond acceptors (Lipinski definition) is 2. The fourth-order valence-corrected chi connectivity index (χ4v) is 2.79. The van der Waals surface area contributed by atoms with Gasteiger partial charge in [0.15, 0.2) is 0 Å². The highest BCUT2D eigenvalue weighted by Crippen LogP contribution is 2.34. The number of benzene rings is 2. The molecular weight excluding hydrogens is 236 g/mol. The van der Waals surface area contributed by atoms with Crippen LogP contribution in [0.3, 0.4) is 0 Å². The predicted molar refractivity (Wildman–Crippen MR) is 75.2 cm³/mol. The summed E-state index contributed by atoms with van der Waals surface area (Å²) in [6.07, 6.45) is -0.390. The van der Waals surface area contributed by atoms with E-state index in [1.807, 2.05) is 36.4 Å². The number of aliphatic hydroxyl groups is 1. The summed E-state index contributed by atoms with van der Waals surface area (Å²) in [5, 5.41) is 10.7. The van der Waals surface area contributed by atoms with E-state index in [9.17, 15) is 5.11 Å². The van der Waals surface area contributed by atoms with Crippen molar-refractivity contribution >= 4 is 0 Å². The highest BCUT2D eigenvalue weighted by Gasteiger charge is 2.34. The lowest BCUT2D eigenvalue weighted by molar-refractivity contribution is -0.0250. The van der Waals surface area contributed by atoms with Crippen molar-refractivity contribution in [1.29, 1.82) is 0 Å². The van der Waals surface area contributed by atoms with Gasteiger partial charge in [0.1, 0.15) is 0 Å². The Hall–Kier alpha value is -1.64. The lowest BCUT2D eigenvalue weighted by atomic mass is 9.81. The SMILES string of the molecule is OC1C(c2ccccc2)COCC1c1ccccc1. The van der Waals surface area contributed by atoms with Gasteiger partial charge in [0.25, 0.3) is 0 Å². The van der Waals surface area contributed by atoms with E-state index in [0.29, 0.717) is 13.2 Å². The summed E-state index contributed by atoms with van der Waals surface area (Å²) in [5.74, 6) is 0.111. The van der Waals surface area contributed by atoms with Gasteiger partial charge in [0.05, 0.1) is 19.3 Å². The maximum atomic E-state index is 10.7. The Morgan fingerprint density at radius 2 is 1.16 bits per heavy atom. The van der Waals surface area contributed by atoms with Crippen LogP contribution in [-0.4, -0.2) is 24.4 Å². The van der Waals surface area contributed by atoms with E-state index in [0.717, 1.165) is 11.1 Å². The highest BCUT2D eigenvalue weighted by atomic mass is 16.5. The maximum absolute atomic E-state index is 10.7. The van der Waals surface area contributed by atoms with E-state index in [1.54, 1.807) is 0 Å². The minimum absolute atomic E-state index is 0.0557. The smallest absolute Gasteiger partial charge is 0.0721 e. The van der Waals surface area contributed by atoms with Crippen LogP contribution in [0.15, 0.2) is 60.7 Å². The largest absolute Gasteiger partial charge is 0.392 e. The van der Waals surface area contributed by atoms with Crippen LogP contribution in [0.4, 0.5) is 0 Å². The van der Waals surface area contributed by atoms with Crippen LogP contribution in [0.25, 0.3) is 0 Å². The first-order valence-electron chi connectivity index (χ1n) is 6.72. The third-order valence-electron chi connectivity index (χ3n) is 3.87. The number of rotatable bonds is 2. The Bertz CT molecular complexity index is 462. The monoisotopic (exact) mass is 254 g/mol. The first-order valence-corrected chi connectivity index (χ1v) is 6.72. The molecular formula is C17H18O2. The third-order valence-corrected chi connectivity index (χ3v) is 3.87. The molecule has 2 unspecified atom stereocenters. The fraction of sp³-hybridized carbons (Fsp3) is 0.294.